The minimum atomic E-state index is 0.666. The van der Waals surface area contributed by atoms with E-state index < -0.39 is 0 Å². The normalized spacial score (nSPS) is 16.0. The third kappa shape index (κ3) is 4.89. The van der Waals surface area contributed by atoms with Crippen LogP contribution in [0.2, 0.25) is 0 Å². The largest absolute Gasteiger partial charge is 0.493 e. The average molecular weight is 356 g/mol. The summed E-state index contributed by atoms with van der Waals surface area (Å²) in [6, 6.07) is 4.87. The van der Waals surface area contributed by atoms with Crippen molar-refractivity contribution in [3.05, 3.63) is 22.2 Å². The minimum Gasteiger partial charge on any atom is -0.493 e. The summed E-state index contributed by atoms with van der Waals surface area (Å²) < 4.78 is 12.2. The van der Waals surface area contributed by atoms with Gasteiger partial charge >= 0.3 is 0 Å². The van der Waals surface area contributed by atoms with Crippen molar-refractivity contribution >= 4 is 15.9 Å². The fraction of sp³-hybridized carbons (Fsp3) is 0.647. The van der Waals surface area contributed by atoms with Gasteiger partial charge in [0.25, 0.3) is 0 Å². The molecular formula is C17H26BrNO2. The van der Waals surface area contributed by atoms with E-state index >= 15 is 0 Å². The SMILES string of the molecule is CCCOc1c(Br)cc(CNC2CCCCC2)cc1OC. The van der Waals surface area contributed by atoms with Crippen molar-refractivity contribution in [2.24, 2.45) is 0 Å². The smallest absolute Gasteiger partial charge is 0.175 e. The number of halogens is 1. The number of ether oxygens (including phenoxy) is 2. The van der Waals surface area contributed by atoms with Crippen molar-refractivity contribution in [1.29, 1.82) is 0 Å². The summed E-state index contributed by atoms with van der Waals surface area (Å²) in [7, 11) is 1.69. The predicted octanol–water partition coefficient (Wildman–Crippen LogP) is 4.67. The Bertz CT molecular complexity index is 445. The van der Waals surface area contributed by atoms with Crippen LogP contribution in [0.15, 0.2) is 16.6 Å². The van der Waals surface area contributed by atoms with Gasteiger partial charge in [0.2, 0.25) is 0 Å². The number of nitrogens with one attached hydrogen (secondary N) is 1. The zero-order valence-corrected chi connectivity index (χ0v) is 14.7. The highest BCUT2D eigenvalue weighted by atomic mass is 79.9. The summed E-state index contributed by atoms with van der Waals surface area (Å²) in [5, 5.41) is 3.66. The molecule has 1 fully saturated rings. The maximum Gasteiger partial charge on any atom is 0.175 e. The van der Waals surface area contributed by atoms with E-state index in [1.165, 1.54) is 37.7 Å². The van der Waals surface area contributed by atoms with E-state index in [0.717, 1.165) is 28.9 Å². The quantitative estimate of drug-likeness (QED) is 0.770. The van der Waals surface area contributed by atoms with Crippen molar-refractivity contribution in [1.82, 2.24) is 5.32 Å². The predicted molar refractivity (Wildman–Crippen MR) is 90.2 cm³/mol. The van der Waals surface area contributed by atoms with Gasteiger partial charge in [0.1, 0.15) is 0 Å². The van der Waals surface area contributed by atoms with Crippen molar-refractivity contribution in [2.45, 2.75) is 58.0 Å². The first-order valence-electron chi connectivity index (χ1n) is 7.97. The third-order valence-corrected chi connectivity index (χ3v) is 4.53. The van der Waals surface area contributed by atoms with Gasteiger partial charge in [-0.05, 0) is 52.9 Å². The van der Waals surface area contributed by atoms with Crippen molar-refractivity contribution < 1.29 is 9.47 Å². The second-order valence-corrected chi connectivity index (χ2v) is 6.53. The molecule has 4 heteroatoms. The third-order valence-electron chi connectivity index (χ3n) is 3.94. The van der Waals surface area contributed by atoms with Gasteiger partial charge in [-0.15, -0.1) is 0 Å². The molecule has 1 aromatic rings. The Morgan fingerprint density at radius 2 is 2.00 bits per heavy atom. The topological polar surface area (TPSA) is 30.5 Å². The highest BCUT2D eigenvalue weighted by molar-refractivity contribution is 9.10. The molecule has 0 bridgehead atoms. The molecule has 0 spiro atoms. The van der Waals surface area contributed by atoms with Crippen LogP contribution in [0, 0.1) is 0 Å². The first-order chi connectivity index (χ1) is 10.2. The van der Waals surface area contributed by atoms with Crippen LogP contribution in [0.3, 0.4) is 0 Å². The van der Waals surface area contributed by atoms with Crippen LogP contribution in [-0.2, 0) is 6.54 Å². The molecule has 1 saturated carbocycles. The molecule has 1 N–H and O–H groups in total. The molecular weight excluding hydrogens is 330 g/mol. The average Bonchev–Trinajstić information content (AvgIpc) is 2.52. The number of rotatable bonds is 7. The molecule has 1 aliphatic rings. The van der Waals surface area contributed by atoms with Gasteiger partial charge in [0.05, 0.1) is 18.2 Å². The molecule has 0 unspecified atom stereocenters. The van der Waals surface area contributed by atoms with Crippen LogP contribution in [0.25, 0.3) is 0 Å². The molecule has 21 heavy (non-hydrogen) atoms. The van der Waals surface area contributed by atoms with E-state index in [0.29, 0.717) is 12.6 Å². The zero-order chi connectivity index (χ0) is 15.1. The van der Waals surface area contributed by atoms with Crippen LogP contribution >= 0.6 is 15.9 Å². The Morgan fingerprint density at radius 3 is 2.67 bits per heavy atom. The van der Waals surface area contributed by atoms with Crippen molar-refractivity contribution in [3.8, 4) is 11.5 Å². The van der Waals surface area contributed by atoms with Gasteiger partial charge < -0.3 is 14.8 Å². The maximum absolute atomic E-state index is 5.77. The highest BCUT2D eigenvalue weighted by Gasteiger charge is 2.15. The summed E-state index contributed by atoms with van der Waals surface area (Å²) in [6.45, 7) is 3.69. The minimum absolute atomic E-state index is 0.666. The van der Waals surface area contributed by atoms with E-state index in [4.69, 9.17) is 9.47 Å². The maximum atomic E-state index is 5.77. The standard InChI is InChI=1S/C17H26BrNO2/c1-3-9-21-17-15(18)10-13(11-16(17)20-2)12-19-14-7-5-4-6-8-14/h10-11,14,19H,3-9,12H2,1-2H3. The Morgan fingerprint density at radius 1 is 1.24 bits per heavy atom. The lowest BCUT2D eigenvalue weighted by atomic mass is 9.95. The molecule has 0 aliphatic heterocycles. The van der Waals surface area contributed by atoms with Crippen LogP contribution in [0.4, 0.5) is 0 Å². The first kappa shape index (κ1) is 16.6. The summed E-state index contributed by atoms with van der Waals surface area (Å²) in [4.78, 5) is 0. The first-order valence-corrected chi connectivity index (χ1v) is 8.76. The Hall–Kier alpha value is -0.740. The monoisotopic (exact) mass is 355 g/mol. The van der Waals surface area contributed by atoms with Crippen molar-refractivity contribution in [2.75, 3.05) is 13.7 Å². The van der Waals surface area contributed by atoms with Crippen LogP contribution in [0.1, 0.15) is 51.0 Å². The van der Waals surface area contributed by atoms with Gasteiger partial charge in [-0.1, -0.05) is 26.2 Å². The van der Waals surface area contributed by atoms with Crippen LogP contribution in [0.5, 0.6) is 11.5 Å². The second-order valence-electron chi connectivity index (χ2n) is 5.67. The molecule has 0 heterocycles. The van der Waals surface area contributed by atoms with Gasteiger partial charge in [0.15, 0.2) is 11.5 Å². The number of benzene rings is 1. The van der Waals surface area contributed by atoms with Gasteiger partial charge in [-0.25, -0.2) is 0 Å². The fourth-order valence-corrected chi connectivity index (χ4v) is 3.39. The van der Waals surface area contributed by atoms with Gasteiger partial charge in [-0.3, -0.25) is 0 Å². The lowest BCUT2D eigenvalue weighted by molar-refractivity contribution is 0.292. The Kier molecular flexibility index (Phi) is 6.84. The number of hydrogen-bond acceptors (Lipinski definition) is 3. The molecule has 0 radical (unpaired) electrons. The molecule has 1 aliphatic carbocycles. The lowest BCUT2D eigenvalue weighted by Gasteiger charge is -2.23. The molecule has 0 saturated heterocycles. The number of hydrogen-bond donors (Lipinski definition) is 1. The van der Waals surface area contributed by atoms with E-state index in [1.807, 2.05) is 0 Å². The Labute approximate surface area is 136 Å². The molecule has 118 valence electrons. The van der Waals surface area contributed by atoms with E-state index in [9.17, 15) is 0 Å². The van der Waals surface area contributed by atoms with Crippen LogP contribution in [-0.4, -0.2) is 19.8 Å². The molecule has 0 atom stereocenters. The zero-order valence-electron chi connectivity index (χ0n) is 13.1. The van der Waals surface area contributed by atoms with E-state index in [2.05, 4.69) is 40.3 Å². The molecule has 0 amide bonds. The van der Waals surface area contributed by atoms with Crippen LogP contribution < -0.4 is 14.8 Å². The summed E-state index contributed by atoms with van der Waals surface area (Å²) in [6.07, 6.45) is 7.69. The molecule has 1 aromatic carbocycles. The summed E-state index contributed by atoms with van der Waals surface area (Å²) >= 11 is 3.60. The van der Waals surface area contributed by atoms with Gasteiger partial charge in [0, 0.05) is 12.6 Å². The van der Waals surface area contributed by atoms with Crippen molar-refractivity contribution in [3.63, 3.8) is 0 Å². The molecule has 3 nitrogen and oxygen atoms in total. The number of methoxy groups -OCH3 is 1. The molecule has 2 rings (SSSR count). The fourth-order valence-electron chi connectivity index (χ4n) is 2.79. The summed E-state index contributed by atoms with van der Waals surface area (Å²) in [5.41, 5.74) is 1.23. The van der Waals surface area contributed by atoms with E-state index in [-0.39, 0.29) is 0 Å². The van der Waals surface area contributed by atoms with Gasteiger partial charge in [-0.2, -0.15) is 0 Å². The Balaban J connectivity index is 2.00. The second kappa shape index (κ2) is 8.64. The lowest BCUT2D eigenvalue weighted by Crippen LogP contribution is -2.30. The highest BCUT2D eigenvalue weighted by Crippen LogP contribution is 2.36. The summed E-state index contributed by atoms with van der Waals surface area (Å²) in [5.74, 6) is 1.61. The molecule has 0 aromatic heterocycles. The van der Waals surface area contributed by atoms with E-state index in [1.54, 1.807) is 7.11 Å².